The normalized spacial score (nSPS) is 14.0. The number of carbonyl (C=O) groups is 2. The van der Waals surface area contributed by atoms with Crippen molar-refractivity contribution < 1.29 is 22.8 Å². The summed E-state index contributed by atoms with van der Waals surface area (Å²) in [4.78, 5) is 32.4. The number of halogens is 3. The van der Waals surface area contributed by atoms with Gasteiger partial charge in [0.25, 0.3) is 5.91 Å². The average Bonchev–Trinajstić information content (AvgIpc) is 3.42. The topological polar surface area (TPSA) is 136 Å². The number of hydrogen-bond donors (Lipinski definition) is 4. The van der Waals surface area contributed by atoms with Crippen molar-refractivity contribution >= 4 is 50.7 Å². The molecule has 12 heteroatoms. The van der Waals surface area contributed by atoms with E-state index in [-0.39, 0.29) is 22.3 Å². The smallest absolute Gasteiger partial charge is 0.397 e. The van der Waals surface area contributed by atoms with Crippen molar-refractivity contribution in [1.29, 1.82) is 0 Å². The van der Waals surface area contributed by atoms with E-state index in [4.69, 9.17) is 11.5 Å². The molecular formula is C18H15F3N6O2S. The maximum absolute atomic E-state index is 12.6. The van der Waals surface area contributed by atoms with E-state index >= 15 is 0 Å². The van der Waals surface area contributed by atoms with Gasteiger partial charge in [-0.1, -0.05) is 12.1 Å². The highest BCUT2D eigenvalue weighted by Gasteiger charge is 2.38. The van der Waals surface area contributed by atoms with Gasteiger partial charge < -0.3 is 22.1 Å². The lowest BCUT2D eigenvalue weighted by molar-refractivity contribution is -0.167. The van der Waals surface area contributed by atoms with Crippen molar-refractivity contribution in [3.63, 3.8) is 0 Å². The van der Waals surface area contributed by atoms with Crippen LogP contribution in [0.4, 0.5) is 30.5 Å². The van der Waals surface area contributed by atoms with Gasteiger partial charge in [0, 0.05) is 17.3 Å². The first kappa shape index (κ1) is 19.9. The molecule has 8 nitrogen and oxygen atoms in total. The zero-order valence-electron chi connectivity index (χ0n) is 15.2. The van der Waals surface area contributed by atoms with Crippen LogP contribution in [0.1, 0.15) is 22.5 Å². The first-order chi connectivity index (χ1) is 14.1. The first-order valence-corrected chi connectivity index (χ1v) is 9.60. The molecule has 3 aromatic rings. The van der Waals surface area contributed by atoms with Gasteiger partial charge in [-0.25, -0.2) is 9.97 Å². The minimum absolute atomic E-state index is 0.0674. The molecule has 1 fully saturated rings. The number of fused-ring (bicyclic) bond motifs is 1. The number of carbonyl (C=O) groups excluding carboxylic acids is 2. The summed E-state index contributed by atoms with van der Waals surface area (Å²) < 4.78 is 37.7. The molecule has 0 aliphatic heterocycles. The number of rotatable bonds is 5. The van der Waals surface area contributed by atoms with Crippen LogP contribution in [0, 0.1) is 0 Å². The molecule has 1 aliphatic rings. The van der Waals surface area contributed by atoms with Crippen LogP contribution in [-0.4, -0.2) is 34.0 Å². The number of thiophene rings is 1. The van der Waals surface area contributed by atoms with E-state index in [1.54, 1.807) is 6.07 Å². The van der Waals surface area contributed by atoms with Crippen LogP contribution < -0.4 is 22.1 Å². The summed E-state index contributed by atoms with van der Waals surface area (Å²) in [5.74, 6) is -2.50. The van der Waals surface area contributed by atoms with Crippen molar-refractivity contribution in [3.05, 3.63) is 29.1 Å². The van der Waals surface area contributed by atoms with Gasteiger partial charge in [-0.2, -0.15) is 13.2 Å². The lowest BCUT2D eigenvalue weighted by atomic mass is 10.1. The summed E-state index contributed by atoms with van der Waals surface area (Å²) in [6.45, 7) is 0. The quantitative estimate of drug-likeness (QED) is 0.485. The number of aromatic nitrogens is 2. The van der Waals surface area contributed by atoms with E-state index in [0.29, 0.717) is 27.4 Å². The van der Waals surface area contributed by atoms with E-state index in [0.717, 1.165) is 24.2 Å². The number of alkyl halides is 3. The number of anilines is 3. The number of nitrogens with one attached hydrogen (secondary N) is 2. The molecule has 2 heterocycles. The van der Waals surface area contributed by atoms with Crippen LogP contribution in [0.3, 0.4) is 0 Å². The Morgan fingerprint density at radius 1 is 1.20 bits per heavy atom. The van der Waals surface area contributed by atoms with Gasteiger partial charge in [0.2, 0.25) is 5.95 Å². The van der Waals surface area contributed by atoms with Crippen LogP contribution in [-0.2, 0) is 4.79 Å². The van der Waals surface area contributed by atoms with Crippen molar-refractivity contribution in [2.45, 2.75) is 25.1 Å². The third-order valence-corrected chi connectivity index (χ3v) is 5.49. The summed E-state index contributed by atoms with van der Waals surface area (Å²) in [6, 6.07) is 5.97. The minimum Gasteiger partial charge on any atom is -0.397 e. The highest BCUT2D eigenvalue weighted by atomic mass is 32.1. The Labute approximate surface area is 171 Å². The molecule has 2 aromatic heterocycles. The van der Waals surface area contributed by atoms with Crippen LogP contribution in [0.25, 0.3) is 21.5 Å². The molecule has 6 N–H and O–H groups in total. The number of benzene rings is 1. The number of hydrogen-bond acceptors (Lipinski definition) is 7. The number of nitrogens with zero attached hydrogens (tertiary/aromatic N) is 2. The molecule has 1 aromatic carbocycles. The van der Waals surface area contributed by atoms with Gasteiger partial charge >= 0.3 is 12.1 Å². The van der Waals surface area contributed by atoms with Crippen LogP contribution in [0.15, 0.2) is 24.3 Å². The summed E-state index contributed by atoms with van der Waals surface area (Å²) in [7, 11) is 0. The van der Waals surface area contributed by atoms with Gasteiger partial charge in [0.15, 0.2) is 0 Å². The molecule has 0 spiro atoms. The predicted octanol–water partition coefficient (Wildman–Crippen LogP) is 3.11. The summed E-state index contributed by atoms with van der Waals surface area (Å²) in [6.07, 6.45) is -3.09. The molecule has 4 rings (SSSR count). The minimum atomic E-state index is -5.02. The Morgan fingerprint density at radius 2 is 1.93 bits per heavy atom. The van der Waals surface area contributed by atoms with E-state index in [1.165, 1.54) is 18.2 Å². The van der Waals surface area contributed by atoms with Crippen LogP contribution >= 0.6 is 11.3 Å². The SMILES string of the molecule is NC(=O)c1sc2nc(NC3CC3)nc(-c3cccc(NC(=O)C(F)(F)F)c3)c2c1N. The largest absolute Gasteiger partial charge is 0.471 e. The zero-order chi connectivity index (χ0) is 21.6. The maximum Gasteiger partial charge on any atom is 0.471 e. The third-order valence-electron chi connectivity index (χ3n) is 4.37. The number of nitrogens with two attached hydrogens (primary N) is 2. The van der Waals surface area contributed by atoms with Crippen molar-refractivity contribution in [2.75, 3.05) is 16.4 Å². The Hall–Kier alpha value is -3.41. The highest BCUT2D eigenvalue weighted by molar-refractivity contribution is 7.21. The van der Waals surface area contributed by atoms with Crippen LogP contribution in [0.5, 0.6) is 0 Å². The lowest BCUT2D eigenvalue weighted by Gasteiger charge is -2.11. The van der Waals surface area contributed by atoms with Crippen molar-refractivity contribution in [3.8, 4) is 11.3 Å². The molecule has 2 amide bonds. The summed E-state index contributed by atoms with van der Waals surface area (Å²) in [5.41, 5.74) is 12.2. The van der Waals surface area contributed by atoms with Gasteiger partial charge in [-0.3, -0.25) is 9.59 Å². The Kier molecular flexibility index (Phi) is 4.73. The molecule has 1 saturated carbocycles. The standard InChI is InChI=1S/C18H15F3N6O2S/c19-18(20,21)16(29)24-9-3-1-2-7(6-9)12-10-11(22)13(14(23)28)30-15(10)27-17(26-12)25-8-4-5-8/h1-3,6,8H,4-5,22H2,(H2,23,28)(H,24,29)(H,25,26,27). The van der Waals surface area contributed by atoms with E-state index in [2.05, 4.69) is 15.3 Å². The second-order valence-electron chi connectivity index (χ2n) is 6.74. The van der Waals surface area contributed by atoms with Gasteiger partial charge in [-0.05, 0) is 25.0 Å². The molecular weight excluding hydrogens is 421 g/mol. The van der Waals surface area contributed by atoms with Crippen LogP contribution in [0.2, 0.25) is 0 Å². The number of amides is 2. The second kappa shape index (κ2) is 7.13. The maximum atomic E-state index is 12.6. The van der Waals surface area contributed by atoms with Crippen molar-refractivity contribution in [2.24, 2.45) is 5.73 Å². The fraction of sp³-hybridized carbons (Fsp3) is 0.222. The molecule has 0 atom stereocenters. The molecule has 0 saturated heterocycles. The van der Waals surface area contributed by atoms with Crippen molar-refractivity contribution in [1.82, 2.24) is 9.97 Å². The molecule has 1 aliphatic carbocycles. The number of nitrogen functional groups attached to an aromatic ring is 1. The van der Waals surface area contributed by atoms with Gasteiger partial charge in [-0.15, -0.1) is 11.3 Å². The number of primary amides is 1. The molecule has 0 radical (unpaired) electrons. The molecule has 0 bridgehead atoms. The lowest BCUT2D eigenvalue weighted by Crippen LogP contribution is -2.29. The average molecular weight is 436 g/mol. The van der Waals surface area contributed by atoms with E-state index < -0.39 is 18.0 Å². The fourth-order valence-electron chi connectivity index (χ4n) is 2.83. The molecule has 0 unspecified atom stereocenters. The van der Waals surface area contributed by atoms with Gasteiger partial charge in [0.1, 0.15) is 9.71 Å². The Balaban J connectivity index is 1.83. The zero-order valence-corrected chi connectivity index (χ0v) is 16.0. The Morgan fingerprint density at radius 3 is 2.57 bits per heavy atom. The first-order valence-electron chi connectivity index (χ1n) is 8.78. The predicted molar refractivity (Wildman–Crippen MR) is 107 cm³/mol. The molecule has 156 valence electrons. The fourth-order valence-corrected chi connectivity index (χ4v) is 3.78. The summed E-state index contributed by atoms with van der Waals surface area (Å²) >= 11 is 1.01. The monoisotopic (exact) mass is 436 g/mol. The summed E-state index contributed by atoms with van der Waals surface area (Å²) in [5, 5.41) is 5.33. The Bertz CT molecular complexity index is 1170. The van der Waals surface area contributed by atoms with E-state index in [9.17, 15) is 22.8 Å². The highest BCUT2D eigenvalue weighted by Crippen LogP contribution is 2.40. The third kappa shape index (κ3) is 3.85. The van der Waals surface area contributed by atoms with Gasteiger partial charge in [0.05, 0.1) is 16.8 Å². The van der Waals surface area contributed by atoms with E-state index in [1.807, 2.05) is 5.32 Å². The molecule has 30 heavy (non-hydrogen) atoms. The second-order valence-corrected chi connectivity index (χ2v) is 7.74.